The molecule has 1 saturated carbocycles. The van der Waals surface area contributed by atoms with Crippen molar-refractivity contribution in [3.63, 3.8) is 0 Å². The summed E-state index contributed by atoms with van der Waals surface area (Å²) in [6, 6.07) is 2.32. The maximum absolute atomic E-state index is 12.6. The van der Waals surface area contributed by atoms with E-state index in [0.29, 0.717) is 19.4 Å². The number of hydrogen-bond donors (Lipinski definition) is 1. The lowest BCUT2D eigenvalue weighted by atomic mass is 9.81. The monoisotopic (exact) mass is 352 g/mol. The molecule has 0 aliphatic heterocycles. The van der Waals surface area contributed by atoms with E-state index in [1.165, 1.54) is 4.90 Å². The molecule has 0 heterocycles. The fourth-order valence-electron chi connectivity index (χ4n) is 3.00. The van der Waals surface area contributed by atoms with Gasteiger partial charge in [-0.3, -0.25) is 19.8 Å². The van der Waals surface area contributed by atoms with Crippen molar-refractivity contribution >= 4 is 17.9 Å². The lowest BCUT2D eigenvalue weighted by Crippen LogP contribution is -2.53. The van der Waals surface area contributed by atoms with E-state index in [9.17, 15) is 19.6 Å². The second-order valence-corrected chi connectivity index (χ2v) is 6.23. The second-order valence-electron chi connectivity index (χ2n) is 6.23. The standard InChI is InChI=1S/C17H28N4O4/c1-4-21(11-14(22)19-16(24)25-5-2)12-15(23)20(3)17(13-18)9-7-6-8-10-17/h4-12H2,1-3H3,(H,19,22,24). The van der Waals surface area contributed by atoms with Crippen molar-refractivity contribution in [2.24, 2.45) is 0 Å². The Bertz CT molecular complexity index is 523. The molecule has 25 heavy (non-hydrogen) atoms. The summed E-state index contributed by atoms with van der Waals surface area (Å²) < 4.78 is 4.65. The third-order valence-corrected chi connectivity index (χ3v) is 4.60. The number of carbonyl (C=O) groups is 3. The Balaban J connectivity index is 2.61. The summed E-state index contributed by atoms with van der Waals surface area (Å²) in [7, 11) is 1.66. The molecule has 0 unspecified atom stereocenters. The number of rotatable bonds is 7. The van der Waals surface area contributed by atoms with Crippen LogP contribution < -0.4 is 5.32 Å². The summed E-state index contributed by atoms with van der Waals surface area (Å²) in [6.45, 7) is 4.05. The number of hydrogen-bond acceptors (Lipinski definition) is 6. The Kier molecular flexibility index (Phi) is 8.35. The molecule has 0 aromatic carbocycles. The molecule has 0 aromatic rings. The van der Waals surface area contributed by atoms with Crippen LogP contribution in [0.5, 0.6) is 0 Å². The molecule has 0 bridgehead atoms. The number of nitrogens with one attached hydrogen (secondary N) is 1. The fourth-order valence-corrected chi connectivity index (χ4v) is 3.00. The lowest BCUT2D eigenvalue weighted by Gasteiger charge is -2.39. The van der Waals surface area contributed by atoms with E-state index < -0.39 is 17.5 Å². The predicted octanol–water partition coefficient (Wildman–Crippen LogP) is 1.27. The highest BCUT2D eigenvalue weighted by atomic mass is 16.5. The van der Waals surface area contributed by atoms with Gasteiger partial charge in [-0.1, -0.05) is 26.2 Å². The van der Waals surface area contributed by atoms with Gasteiger partial charge in [-0.25, -0.2) is 4.79 Å². The first-order chi connectivity index (χ1) is 11.9. The number of nitriles is 1. The topological polar surface area (TPSA) is 103 Å². The van der Waals surface area contributed by atoms with Crippen molar-refractivity contribution in [1.82, 2.24) is 15.1 Å². The Morgan fingerprint density at radius 2 is 1.80 bits per heavy atom. The van der Waals surface area contributed by atoms with Gasteiger partial charge in [0.2, 0.25) is 11.8 Å². The molecule has 0 atom stereocenters. The molecule has 3 amide bonds. The van der Waals surface area contributed by atoms with E-state index in [2.05, 4.69) is 16.1 Å². The van der Waals surface area contributed by atoms with Crippen LogP contribution in [0.15, 0.2) is 0 Å². The van der Waals surface area contributed by atoms with Gasteiger partial charge in [-0.05, 0) is 26.3 Å². The molecular formula is C17H28N4O4. The van der Waals surface area contributed by atoms with Gasteiger partial charge in [0, 0.05) is 7.05 Å². The molecule has 1 aliphatic rings. The summed E-state index contributed by atoms with van der Waals surface area (Å²) >= 11 is 0. The van der Waals surface area contributed by atoms with Crippen molar-refractivity contribution in [1.29, 1.82) is 5.26 Å². The van der Waals surface area contributed by atoms with Gasteiger partial charge in [-0.2, -0.15) is 5.26 Å². The van der Waals surface area contributed by atoms with E-state index in [4.69, 9.17) is 0 Å². The van der Waals surface area contributed by atoms with Crippen LogP contribution in [0.2, 0.25) is 0 Å². The first-order valence-corrected chi connectivity index (χ1v) is 8.75. The van der Waals surface area contributed by atoms with Crippen LogP contribution in [0.1, 0.15) is 46.0 Å². The minimum atomic E-state index is -0.794. The van der Waals surface area contributed by atoms with Gasteiger partial charge in [0.15, 0.2) is 0 Å². The normalized spacial score (nSPS) is 16.0. The largest absolute Gasteiger partial charge is 0.450 e. The second kappa shape index (κ2) is 9.99. The molecular weight excluding hydrogens is 324 g/mol. The van der Waals surface area contributed by atoms with E-state index in [0.717, 1.165) is 19.3 Å². The number of carbonyl (C=O) groups excluding carboxylic acids is 3. The highest BCUT2D eigenvalue weighted by molar-refractivity contribution is 5.93. The number of likely N-dealkylation sites (N-methyl/N-ethyl adjacent to an activating group) is 2. The molecule has 1 N–H and O–H groups in total. The number of amides is 3. The Morgan fingerprint density at radius 3 is 2.32 bits per heavy atom. The molecule has 140 valence electrons. The summed E-state index contributed by atoms with van der Waals surface area (Å²) in [6.07, 6.45) is 3.52. The third kappa shape index (κ3) is 6.02. The minimum Gasteiger partial charge on any atom is -0.450 e. The van der Waals surface area contributed by atoms with Crippen molar-refractivity contribution in [3.05, 3.63) is 0 Å². The van der Waals surface area contributed by atoms with Crippen LogP contribution in [0, 0.1) is 11.3 Å². The number of alkyl carbamates (subject to hydrolysis) is 1. The van der Waals surface area contributed by atoms with Crippen LogP contribution in [-0.2, 0) is 14.3 Å². The van der Waals surface area contributed by atoms with Crippen LogP contribution in [-0.4, -0.2) is 66.5 Å². The molecule has 8 nitrogen and oxygen atoms in total. The lowest BCUT2D eigenvalue weighted by molar-refractivity contribution is -0.136. The summed E-state index contributed by atoms with van der Waals surface area (Å²) in [5.74, 6) is -0.724. The SMILES string of the molecule is CCOC(=O)NC(=O)CN(CC)CC(=O)N(C)C1(C#N)CCCCC1. The Hall–Kier alpha value is -2.14. The molecule has 0 radical (unpaired) electrons. The molecule has 0 aromatic heterocycles. The van der Waals surface area contributed by atoms with E-state index in [1.54, 1.807) is 18.9 Å². The van der Waals surface area contributed by atoms with E-state index >= 15 is 0 Å². The van der Waals surface area contributed by atoms with Crippen LogP contribution >= 0.6 is 0 Å². The maximum Gasteiger partial charge on any atom is 0.413 e. The zero-order valence-corrected chi connectivity index (χ0v) is 15.3. The average molecular weight is 352 g/mol. The van der Waals surface area contributed by atoms with Gasteiger partial charge >= 0.3 is 6.09 Å². The van der Waals surface area contributed by atoms with Crippen molar-refractivity contribution in [2.75, 3.05) is 33.3 Å². The van der Waals surface area contributed by atoms with Gasteiger partial charge in [0.25, 0.3) is 0 Å². The highest BCUT2D eigenvalue weighted by Crippen LogP contribution is 2.32. The predicted molar refractivity (Wildman–Crippen MR) is 91.5 cm³/mol. The van der Waals surface area contributed by atoms with Crippen LogP contribution in [0.25, 0.3) is 0 Å². The number of ether oxygens (including phenoxy) is 1. The van der Waals surface area contributed by atoms with Crippen molar-refractivity contribution in [3.8, 4) is 6.07 Å². The third-order valence-electron chi connectivity index (χ3n) is 4.60. The molecule has 0 spiro atoms. The van der Waals surface area contributed by atoms with Crippen molar-refractivity contribution in [2.45, 2.75) is 51.5 Å². The molecule has 1 fully saturated rings. The van der Waals surface area contributed by atoms with E-state index in [-0.39, 0.29) is 25.6 Å². The van der Waals surface area contributed by atoms with Crippen LogP contribution in [0.4, 0.5) is 4.79 Å². The molecule has 1 rings (SSSR count). The summed E-state index contributed by atoms with van der Waals surface area (Å²) in [4.78, 5) is 38.8. The first-order valence-electron chi connectivity index (χ1n) is 8.75. The maximum atomic E-state index is 12.6. The summed E-state index contributed by atoms with van der Waals surface area (Å²) in [5.41, 5.74) is -0.748. The number of imide groups is 1. The molecule has 8 heteroatoms. The van der Waals surface area contributed by atoms with Gasteiger partial charge < -0.3 is 9.64 Å². The van der Waals surface area contributed by atoms with E-state index in [1.807, 2.05) is 6.92 Å². The molecule has 1 aliphatic carbocycles. The fraction of sp³-hybridized carbons (Fsp3) is 0.765. The Labute approximate surface area is 149 Å². The zero-order valence-electron chi connectivity index (χ0n) is 15.3. The summed E-state index contributed by atoms with van der Waals surface area (Å²) in [5, 5.41) is 11.7. The smallest absolute Gasteiger partial charge is 0.413 e. The van der Waals surface area contributed by atoms with Crippen molar-refractivity contribution < 1.29 is 19.1 Å². The van der Waals surface area contributed by atoms with Gasteiger partial charge in [-0.15, -0.1) is 0 Å². The van der Waals surface area contributed by atoms with Gasteiger partial charge in [0.1, 0.15) is 5.54 Å². The zero-order chi connectivity index (χ0) is 18.9. The van der Waals surface area contributed by atoms with Crippen LogP contribution in [0.3, 0.4) is 0 Å². The Morgan fingerprint density at radius 1 is 1.16 bits per heavy atom. The minimum absolute atomic E-state index is 0.0205. The number of nitrogens with zero attached hydrogens (tertiary/aromatic N) is 3. The first kappa shape index (κ1) is 20.9. The molecule has 0 saturated heterocycles. The highest BCUT2D eigenvalue weighted by Gasteiger charge is 2.39. The average Bonchev–Trinajstić information content (AvgIpc) is 2.60. The quantitative estimate of drug-likeness (QED) is 0.740. The van der Waals surface area contributed by atoms with Gasteiger partial charge in [0.05, 0.1) is 25.8 Å².